The zero-order chi connectivity index (χ0) is 13.3. The Bertz CT molecular complexity index is 530. The molecule has 94 valence electrons. The quantitative estimate of drug-likeness (QED) is 0.641. The number of imide groups is 1. The number of benzene rings is 1. The van der Waals surface area contributed by atoms with Crippen LogP contribution in [-0.4, -0.2) is 30.7 Å². The third kappa shape index (κ3) is 2.22. The first kappa shape index (κ1) is 12.6. The van der Waals surface area contributed by atoms with Gasteiger partial charge in [0.2, 0.25) is 11.8 Å². The van der Waals surface area contributed by atoms with E-state index in [0.29, 0.717) is 22.6 Å². The summed E-state index contributed by atoms with van der Waals surface area (Å²) < 4.78 is 0. The number of carbonyl (C=O) groups is 3. The van der Waals surface area contributed by atoms with E-state index in [9.17, 15) is 14.4 Å². The molecule has 6 heteroatoms. The Hall–Kier alpha value is -1.88. The van der Waals surface area contributed by atoms with Crippen molar-refractivity contribution in [3.05, 3.63) is 28.8 Å². The van der Waals surface area contributed by atoms with Gasteiger partial charge < -0.3 is 4.90 Å². The van der Waals surface area contributed by atoms with Gasteiger partial charge in [-0.2, -0.15) is 0 Å². The molecule has 2 amide bonds. The maximum atomic E-state index is 11.5. The molecular formula is C12H11ClN2O3. The van der Waals surface area contributed by atoms with Crippen LogP contribution >= 0.6 is 11.6 Å². The second-order valence-corrected chi connectivity index (χ2v) is 4.45. The molecule has 18 heavy (non-hydrogen) atoms. The Labute approximate surface area is 109 Å². The summed E-state index contributed by atoms with van der Waals surface area (Å²) in [6, 6.07) is 4.25. The topological polar surface area (TPSA) is 66.5 Å². The zero-order valence-corrected chi connectivity index (χ0v) is 10.4. The summed E-state index contributed by atoms with van der Waals surface area (Å²) in [5.74, 6) is -0.726. The van der Waals surface area contributed by atoms with Crippen molar-refractivity contribution in [2.45, 2.75) is 13.0 Å². The number of aldehydes is 1. The van der Waals surface area contributed by atoms with Crippen LogP contribution in [0.2, 0.25) is 5.02 Å². The summed E-state index contributed by atoms with van der Waals surface area (Å²) in [5.41, 5.74) is 1.02. The van der Waals surface area contributed by atoms with Crippen LogP contribution in [0.4, 0.5) is 5.69 Å². The van der Waals surface area contributed by atoms with E-state index in [-0.39, 0.29) is 18.4 Å². The minimum absolute atomic E-state index is 0.0626. The molecular weight excluding hydrogens is 256 g/mol. The van der Waals surface area contributed by atoms with Crippen molar-refractivity contribution in [3.8, 4) is 0 Å². The predicted molar refractivity (Wildman–Crippen MR) is 66.8 cm³/mol. The SMILES string of the molecule is CC1C(=O)NC(=O)CN1c1ccc(C=O)cc1Cl. The molecule has 0 aliphatic carbocycles. The Morgan fingerprint density at radius 2 is 2.17 bits per heavy atom. The largest absolute Gasteiger partial charge is 0.349 e. The van der Waals surface area contributed by atoms with Crippen LogP contribution in [0.15, 0.2) is 18.2 Å². The molecule has 1 fully saturated rings. The molecule has 1 saturated heterocycles. The van der Waals surface area contributed by atoms with Gasteiger partial charge >= 0.3 is 0 Å². The van der Waals surface area contributed by atoms with Crippen LogP contribution in [0.3, 0.4) is 0 Å². The summed E-state index contributed by atoms with van der Waals surface area (Å²) in [4.78, 5) is 35.1. The molecule has 5 nitrogen and oxygen atoms in total. The van der Waals surface area contributed by atoms with Crippen molar-refractivity contribution in [1.29, 1.82) is 0 Å². The minimum Gasteiger partial charge on any atom is -0.349 e. The summed E-state index contributed by atoms with van der Waals surface area (Å²) in [6.45, 7) is 1.75. The Morgan fingerprint density at radius 1 is 1.44 bits per heavy atom. The number of hydrogen-bond acceptors (Lipinski definition) is 4. The van der Waals surface area contributed by atoms with Crippen molar-refractivity contribution in [2.24, 2.45) is 0 Å². The van der Waals surface area contributed by atoms with Gasteiger partial charge in [0.15, 0.2) is 0 Å². The van der Waals surface area contributed by atoms with Gasteiger partial charge in [-0.1, -0.05) is 11.6 Å². The lowest BCUT2D eigenvalue weighted by Crippen LogP contribution is -2.57. The van der Waals surface area contributed by atoms with E-state index in [1.165, 1.54) is 6.07 Å². The van der Waals surface area contributed by atoms with Crippen molar-refractivity contribution in [3.63, 3.8) is 0 Å². The van der Waals surface area contributed by atoms with Gasteiger partial charge in [0, 0.05) is 5.56 Å². The number of piperazine rings is 1. The van der Waals surface area contributed by atoms with Gasteiger partial charge in [-0.25, -0.2) is 0 Å². The Balaban J connectivity index is 2.38. The highest BCUT2D eigenvalue weighted by Crippen LogP contribution is 2.28. The van der Waals surface area contributed by atoms with Crippen LogP contribution < -0.4 is 10.2 Å². The van der Waals surface area contributed by atoms with Crippen LogP contribution in [0, 0.1) is 0 Å². The van der Waals surface area contributed by atoms with Gasteiger partial charge in [-0.3, -0.25) is 19.7 Å². The molecule has 1 aromatic rings. The number of anilines is 1. The summed E-state index contributed by atoms with van der Waals surface area (Å²) in [5, 5.41) is 2.59. The number of carbonyl (C=O) groups excluding carboxylic acids is 3. The molecule has 1 unspecified atom stereocenters. The van der Waals surface area contributed by atoms with Crippen LogP contribution in [-0.2, 0) is 9.59 Å². The zero-order valence-electron chi connectivity index (χ0n) is 9.64. The fraction of sp³-hybridized carbons (Fsp3) is 0.250. The molecule has 0 radical (unpaired) electrons. The number of amides is 2. The van der Waals surface area contributed by atoms with Gasteiger partial charge in [-0.15, -0.1) is 0 Å². The van der Waals surface area contributed by atoms with Crippen LogP contribution in [0.5, 0.6) is 0 Å². The molecule has 1 N–H and O–H groups in total. The van der Waals surface area contributed by atoms with Crippen molar-refractivity contribution >= 4 is 35.4 Å². The van der Waals surface area contributed by atoms with E-state index < -0.39 is 6.04 Å². The van der Waals surface area contributed by atoms with Gasteiger partial charge in [-0.05, 0) is 25.1 Å². The standard InChI is InChI=1S/C12H11ClN2O3/c1-7-12(18)14-11(17)5-15(7)10-3-2-8(6-16)4-9(10)13/h2-4,6-7H,5H2,1H3,(H,14,17,18). The smallest absolute Gasteiger partial charge is 0.249 e. The number of nitrogens with zero attached hydrogens (tertiary/aromatic N) is 1. The second kappa shape index (κ2) is 4.78. The third-order valence-electron chi connectivity index (χ3n) is 2.84. The number of halogens is 1. The molecule has 2 rings (SSSR count). The second-order valence-electron chi connectivity index (χ2n) is 4.05. The van der Waals surface area contributed by atoms with Crippen molar-refractivity contribution in [1.82, 2.24) is 5.32 Å². The average molecular weight is 267 g/mol. The Kier molecular flexibility index (Phi) is 3.34. The summed E-state index contributed by atoms with van der Waals surface area (Å²) in [6.07, 6.45) is 0.688. The van der Waals surface area contributed by atoms with Crippen LogP contribution in [0.25, 0.3) is 0 Å². The van der Waals surface area contributed by atoms with E-state index >= 15 is 0 Å². The summed E-state index contributed by atoms with van der Waals surface area (Å²) >= 11 is 6.06. The lowest BCUT2D eigenvalue weighted by molar-refractivity contribution is -0.132. The molecule has 0 bridgehead atoms. The number of rotatable bonds is 2. The first-order chi connectivity index (χ1) is 8.52. The molecule has 1 aromatic carbocycles. The molecule has 1 heterocycles. The van der Waals surface area contributed by atoms with Crippen molar-refractivity contribution < 1.29 is 14.4 Å². The van der Waals surface area contributed by atoms with E-state index in [4.69, 9.17) is 11.6 Å². The van der Waals surface area contributed by atoms with Gasteiger partial charge in [0.1, 0.15) is 12.3 Å². The first-order valence-electron chi connectivity index (χ1n) is 5.38. The predicted octanol–water partition coefficient (Wildman–Crippen LogP) is 1.00. The highest BCUT2D eigenvalue weighted by molar-refractivity contribution is 6.33. The van der Waals surface area contributed by atoms with E-state index in [2.05, 4.69) is 5.32 Å². The summed E-state index contributed by atoms with van der Waals surface area (Å²) in [7, 11) is 0. The number of hydrogen-bond donors (Lipinski definition) is 1. The molecule has 1 aliphatic heterocycles. The van der Waals surface area contributed by atoms with Gasteiger partial charge in [0.25, 0.3) is 0 Å². The minimum atomic E-state index is -0.484. The molecule has 0 spiro atoms. The molecule has 1 aliphatic rings. The third-order valence-corrected chi connectivity index (χ3v) is 3.14. The average Bonchev–Trinajstić information content (AvgIpc) is 2.34. The molecule has 1 atom stereocenters. The van der Waals surface area contributed by atoms with Crippen LogP contribution in [0.1, 0.15) is 17.3 Å². The Morgan fingerprint density at radius 3 is 2.78 bits per heavy atom. The maximum Gasteiger partial charge on any atom is 0.249 e. The van der Waals surface area contributed by atoms with E-state index in [1.807, 2.05) is 0 Å². The fourth-order valence-electron chi connectivity index (χ4n) is 1.84. The van der Waals surface area contributed by atoms with E-state index in [0.717, 1.165) is 0 Å². The lowest BCUT2D eigenvalue weighted by Gasteiger charge is -2.34. The monoisotopic (exact) mass is 266 g/mol. The fourth-order valence-corrected chi connectivity index (χ4v) is 2.14. The normalized spacial score (nSPS) is 19.7. The molecule has 0 aromatic heterocycles. The van der Waals surface area contributed by atoms with Crippen molar-refractivity contribution in [2.75, 3.05) is 11.4 Å². The first-order valence-corrected chi connectivity index (χ1v) is 5.76. The van der Waals surface area contributed by atoms with E-state index in [1.54, 1.807) is 24.0 Å². The molecule has 0 saturated carbocycles. The van der Waals surface area contributed by atoms with Gasteiger partial charge in [0.05, 0.1) is 17.3 Å². The highest BCUT2D eigenvalue weighted by Gasteiger charge is 2.31. The number of nitrogens with one attached hydrogen (secondary N) is 1. The lowest BCUT2D eigenvalue weighted by atomic mass is 10.1. The highest BCUT2D eigenvalue weighted by atomic mass is 35.5. The maximum absolute atomic E-state index is 11.5.